The topological polar surface area (TPSA) is 52.6 Å². The molecule has 4 heteroatoms. The molecule has 0 aromatic heterocycles. The summed E-state index contributed by atoms with van der Waals surface area (Å²) in [6, 6.07) is 7.31. The number of carboxylic acid groups (broad SMARTS) is 1. The van der Waals surface area contributed by atoms with Crippen LogP contribution in [-0.4, -0.2) is 35.6 Å². The predicted molar refractivity (Wildman–Crippen MR) is 86.4 cm³/mol. The molecule has 0 radical (unpaired) electrons. The summed E-state index contributed by atoms with van der Waals surface area (Å²) >= 11 is 0. The first-order valence-electron chi connectivity index (χ1n) is 7.89. The van der Waals surface area contributed by atoms with Crippen LogP contribution in [0.4, 0.5) is 0 Å². The number of carbonyl (C=O) groups is 1. The number of aliphatic carboxylic acids is 1. The molecule has 0 spiro atoms. The van der Waals surface area contributed by atoms with E-state index in [0.717, 1.165) is 44.6 Å². The van der Waals surface area contributed by atoms with Gasteiger partial charge in [-0.2, -0.15) is 0 Å². The Morgan fingerprint density at radius 2 is 1.81 bits per heavy atom. The Labute approximate surface area is 128 Å². The second-order valence-electron chi connectivity index (χ2n) is 5.28. The van der Waals surface area contributed by atoms with Gasteiger partial charge in [0.2, 0.25) is 0 Å². The van der Waals surface area contributed by atoms with Gasteiger partial charge in [-0.25, -0.2) is 0 Å². The van der Waals surface area contributed by atoms with E-state index in [1.165, 1.54) is 5.56 Å². The largest absolute Gasteiger partial charge is 0.480 e. The van der Waals surface area contributed by atoms with Crippen molar-refractivity contribution in [2.45, 2.75) is 46.2 Å². The lowest BCUT2D eigenvalue weighted by Crippen LogP contribution is -2.29. The van der Waals surface area contributed by atoms with Gasteiger partial charge in [-0.3, -0.25) is 9.69 Å². The smallest absolute Gasteiger partial charge is 0.325 e. The zero-order chi connectivity index (χ0) is 15.7. The Kier molecular flexibility index (Phi) is 8.01. The van der Waals surface area contributed by atoms with Gasteiger partial charge < -0.3 is 10.4 Å². The Balaban J connectivity index is 2.71. The number of nitrogens with one attached hydrogen (secondary N) is 1. The van der Waals surface area contributed by atoms with Crippen LogP contribution < -0.4 is 5.32 Å². The molecule has 1 atom stereocenters. The molecule has 0 saturated heterocycles. The molecule has 2 N–H and O–H groups in total. The minimum atomic E-state index is -0.817. The van der Waals surface area contributed by atoms with Gasteiger partial charge in [-0.1, -0.05) is 51.5 Å². The van der Waals surface area contributed by atoms with Gasteiger partial charge in [0.15, 0.2) is 0 Å². The maximum atomic E-state index is 11.4. The third kappa shape index (κ3) is 5.86. The van der Waals surface area contributed by atoms with E-state index in [1.54, 1.807) is 0 Å². The van der Waals surface area contributed by atoms with Gasteiger partial charge >= 0.3 is 5.97 Å². The van der Waals surface area contributed by atoms with Crippen LogP contribution in [0.2, 0.25) is 0 Å². The van der Waals surface area contributed by atoms with Gasteiger partial charge in [0.1, 0.15) is 6.04 Å². The van der Waals surface area contributed by atoms with Crippen molar-refractivity contribution in [3.05, 3.63) is 35.4 Å². The lowest BCUT2D eigenvalue weighted by atomic mass is 10.0. The third-order valence-corrected chi connectivity index (χ3v) is 3.74. The monoisotopic (exact) mass is 292 g/mol. The molecule has 0 heterocycles. The molecule has 0 amide bonds. The highest BCUT2D eigenvalue weighted by Crippen LogP contribution is 2.15. The quantitative estimate of drug-likeness (QED) is 0.651. The molecule has 4 nitrogen and oxygen atoms in total. The summed E-state index contributed by atoms with van der Waals surface area (Å²) in [5.41, 5.74) is 2.04. The number of hydrogen-bond donors (Lipinski definition) is 2. The molecule has 1 unspecified atom stereocenters. The number of unbranched alkanes of at least 4 members (excludes halogenated alkanes) is 1. The van der Waals surface area contributed by atoms with Gasteiger partial charge in [0, 0.05) is 6.54 Å². The standard InChI is InChI=1S/C17H28N2O2/c1-4-7-12-18-16(17(20)21)15-10-8-14(9-11-15)13-19(5-2)6-3/h8-11,16,18H,4-7,12-13H2,1-3H3,(H,20,21). The first-order chi connectivity index (χ1) is 10.1. The third-order valence-electron chi connectivity index (χ3n) is 3.74. The van der Waals surface area contributed by atoms with Crippen molar-refractivity contribution in [3.8, 4) is 0 Å². The molecule has 1 aromatic carbocycles. The molecule has 0 bridgehead atoms. The molecule has 0 aliphatic carbocycles. The summed E-state index contributed by atoms with van der Waals surface area (Å²) in [5, 5.41) is 12.5. The van der Waals surface area contributed by atoms with Crippen molar-refractivity contribution in [1.29, 1.82) is 0 Å². The fraction of sp³-hybridized carbons (Fsp3) is 0.588. The summed E-state index contributed by atoms with van der Waals surface area (Å²) in [4.78, 5) is 13.7. The minimum Gasteiger partial charge on any atom is -0.480 e. The van der Waals surface area contributed by atoms with Crippen LogP contribution in [0.1, 0.15) is 50.8 Å². The van der Waals surface area contributed by atoms with Crippen LogP contribution in [0.25, 0.3) is 0 Å². The number of rotatable bonds is 10. The lowest BCUT2D eigenvalue weighted by Gasteiger charge is -2.19. The summed E-state index contributed by atoms with van der Waals surface area (Å²) in [5.74, 6) is -0.817. The first kappa shape index (κ1) is 17.7. The average Bonchev–Trinajstić information content (AvgIpc) is 2.50. The van der Waals surface area contributed by atoms with Crippen LogP contribution in [0.3, 0.4) is 0 Å². The second-order valence-corrected chi connectivity index (χ2v) is 5.28. The van der Waals surface area contributed by atoms with Gasteiger partial charge in [-0.15, -0.1) is 0 Å². The molecule has 0 aliphatic rings. The van der Waals surface area contributed by atoms with Crippen molar-refractivity contribution in [3.63, 3.8) is 0 Å². The maximum absolute atomic E-state index is 11.4. The highest BCUT2D eigenvalue weighted by atomic mass is 16.4. The predicted octanol–water partition coefficient (Wildman–Crippen LogP) is 3.04. The number of benzene rings is 1. The average molecular weight is 292 g/mol. The van der Waals surface area contributed by atoms with Gasteiger partial charge in [-0.05, 0) is 37.2 Å². The van der Waals surface area contributed by atoms with Gasteiger partial charge in [0.05, 0.1) is 0 Å². The van der Waals surface area contributed by atoms with Crippen molar-refractivity contribution < 1.29 is 9.90 Å². The van der Waals surface area contributed by atoms with Crippen molar-refractivity contribution >= 4 is 5.97 Å². The minimum absolute atomic E-state index is 0.612. The summed E-state index contributed by atoms with van der Waals surface area (Å²) in [6.07, 6.45) is 2.05. The molecule has 0 saturated carbocycles. The summed E-state index contributed by atoms with van der Waals surface area (Å²) < 4.78 is 0. The maximum Gasteiger partial charge on any atom is 0.325 e. The van der Waals surface area contributed by atoms with E-state index in [0.29, 0.717) is 0 Å². The Morgan fingerprint density at radius 1 is 1.19 bits per heavy atom. The zero-order valence-electron chi connectivity index (χ0n) is 13.4. The zero-order valence-corrected chi connectivity index (χ0v) is 13.4. The molecule has 21 heavy (non-hydrogen) atoms. The van der Waals surface area contributed by atoms with E-state index in [9.17, 15) is 9.90 Å². The molecular formula is C17H28N2O2. The molecule has 0 fully saturated rings. The fourth-order valence-electron chi connectivity index (χ4n) is 2.29. The van der Waals surface area contributed by atoms with Gasteiger partial charge in [0.25, 0.3) is 0 Å². The van der Waals surface area contributed by atoms with E-state index in [-0.39, 0.29) is 0 Å². The molecule has 118 valence electrons. The Bertz CT molecular complexity index is 413. The van der Waals surface area contributed by atoms with E-state index in [2.05, 4.69) is 31.0 Å². The highest BCUT2D eigenvalue weighted by Gasteiger charge is 2.18. The molecule has 0 aliphatic heterocycles. The molecule has 1 rings (SSSR count). The Morgan fingerprint density at radius 3 is 2.29 bits per heavy atom. The number of nitrogens with zero attached hydrogens (tertiary/aromatic N) is 1. The fourth-order valence-corrected chi connectivity index (χ4v) is 2.29. The lowest BCUT2D eigenvalue weighted by molar-refractivity contribution is -0.139. The summed E-state index contributed by atoms with van der Waals surface area (Å²) in [7, 11) is 0. The van der Waals surface area contributed by atoms with Crippen molar-refractivity contribution in [2.24, 2.45) is 0 Å². The highest BCUT2D eigenvalue weighted by molar-refractivity contribution is 5.75. The van der Waals surface area contributed by atoms with E-state index in [4.69, 9.17) is 0 Å². The SMILES string of the molecule is CCCCNC(C(=O)O)c1ccc(CN(CC)CC)cc1. The van der Waals surface area contributed by atoms with Crippen LogP contribution >= 0.6 is 0 Å². The first-order valence-corrected chi connectivity index (χ1v) is 7.89. The van der Waals surface area contributed by atoms with Crippen molar-refractivity contribution in [2.75, 3.05) is 19.6 Å². The second kappa shape index (κ2) is 9.53. The number of hydrogen-bond acceptors (Lipinski definition) is 3. The van der Waals surface area contributed by atoms with Crippen LogP contribution in [0, 0.1) is 0 Å². The number of carboxylic acids is 1. The van der Waals surface area contributed by atoms with E-state index < -0.39 is 12.0 Å². The van der Waals surface area contributed by atoms with E-state index in [1.807, 2.05) is 24.3 Å². The molecular weight excluding hydrogens is 264 g/mol. The molecule has 1 aromatic rings. The normalized spacial score (nSPS) is 12.6. The van der Waals surface area contributed by atoms with Crippen molar-refractivity contribution in [1.82, 2.24) is 10.2 Å². The summed E-state index contributed by atoms with van der Waals surface area (Å²) in [6.45, 7) is 10.1. The van der Waals surface area contributed by atoms with E-state index >= 15 is 0 Å². The van der Waals surface area contributed by atoms with Crippen LogP contribution in [-0.2, 0) is 11.3 Å². The van der Waals surface area contributed by atoms with Crippen LogP contribution in [0.15, 0.2) is 24.3 Å². The Hall–Kier alpha value is -1.39. The van der Waals surface area contributed by atoms with Crippen LogP contribution in [0.5, 0.6) is 0 Å².